The minimum atomic E-state index is 0.560. The van der Waals surface area contributed by atoms with Crippen molar-refractivity contribution in [2.45, 2.75) is 9.92 Å². The molecule has 7 nitrogen and oxygen atoms in total. The Morgan fingerprint density at radius 1 is 1.04 bits per heavy atom. The summed E-state index contributed by atoms with van der Waals surface area (Å²) >= 11 is 1.51. The third kappa shape index (κ3) is 3.57. The predicted octanol–water partition coefficient (Wildman–Crippen LogP) is 2.33. The quantitative estimate of drug-likeness (QED) is 0.680. The molecule has 0 radical (unpaired) electrons. The van der Waals surface area contributed by atoms with Crippen molar-refractivity contribution in [3.63, 3.8) is 0 Å². The number of fused-ring (bicyclic) bond motifs is 1. The molecule has 0 atom stereocenters. The number of likely N-dealkylation sites (N-methyl/N-ethyl adjacent to an activating group) is 1. The van der Waals surface area contributed by atoms with Gasteiger partial charge in [-0.15, -0.1) is 0 Å². The molecule has 1 aromatic carbocycles. The van der Waals surface area contributed by atoms with E-state index in [0.29, 0.717) is 11.5 Å². The Kier molecular flexibility index (Phi) is 4.87. The van der Waals surface area contributed by atoms with Crippen LogP contribution in [0.4, 0.5) is 11.5 Å². The molecule has 4 rings (SSSR count). The van der Waals surface area contributed by atoms with Crippen molar-refractivity contribution in [1.82, 2.24) is 24.9 Å². The number of pyridine rings is 1. The number of nitrogen functional groups attached to an aromatic ring is 1. The van der Waals surface area contributed by atoms with Crippen molar-refractivity contribution in [1.29, 1.82) is 0 Å². The maximum atomic E-state index is 6.35. The minimum Gasteiger partial charge on any atom is -0.393 e. The number of para-hydroxylation sites is 1. The van der Waals surface area contributed by atoms with Gasteiger partial charge in [0.25, 0.3) is 0 Å². The minimum absolute atomic E-state index is 0.560. The summed E-state index contributed by atoms with van der Waals surface area (Å²) in [6, 6.07) is 10.1. The number of piperazine rings is 1. The van der Waals surface area contributed by atoms with E-state index in [9.17, 15) is 0 Å². The fourth-order valence-electron chi connectivity index (χ4n) is 2.88. The van der Waals surface area contributed by atoms with Crippen LogP contribution in [0.25, 0.3) is 10.9 Å². The number of hydrogen-bond acceptors (Lipinski definition) is 8. The Morgan fingerprint density at radius 3 is 2.69 bits per heavy atom. The molecule has 3 aromatic rings. The number of nitrogens with one attached hydrogen (secondary N) is 1. The summed E-state index contributed by atoms with van der Waals surface area (Å²) in [5.41, 5.74) is 11.2. The number of nitrogens with two attached hydrogens (primary N) is 1. The van der Waals surface area contributed by atoms with Gasteiger partial charge in [0.05, 0.1) is 5.52 Å². The van der Waals surface area contributed by atoms with Crippen molar-refractivity contribution in [2.75, 3.05) is 44.4 Å². The lowest BCUT2D eigenvalue weighted by atomic mass is 10.2. The van der Waals surface area contributed by atoms with Crippen molar-refractivity contribution in [2.24, 2.45) is 0 Å². The van der Waals surface area contributed by atoms with Crippen LogP contribution in [0.3, 0.4) is 0 Å². The van der Waals surface area contributed by atoms with Crippen LogP contribution in [-0.4, -0.2) is 58.1 Å². The van der Waals surface area contributed by atoms with Crippen molar-refractivity contribution < 1.29 is 0 Å². The molecule has 8 heteroatoms. The van der Waals surface area contributed by atoms with E-state index < -0.39 is 0 Å². The summed E-state index contributed by atoms with van der Waals surface area (Å²) in [4.78, 5) is 16.5. The SMILES string of the molecule is CN1CCN(Nc2ncnc(Sc3cccc4cccnc34)c2N)CC1. The summed E-state index contributed by atoms with van der Waals surface area (Å²) in [7, 11) is 2.13. The van der Waals surface area contributed by atoms with Crippen LogP contribution < -0.4 is 11.2 Å². The number of rotatable bonds is 4. The molecule has 1 saturated heterocycles. The van der Waals surface area contributed by atoms with Gasteiger partial charge < -0.3 is 16.1 Å². The average Bonchev–Trinajstić information content (AvgIpc) is 2.67. The van der Waals surface area contributed by atoms with E-state index in [-0.39, 0.29) is 0 Å². The molecule has 1 aliphatic rings. The lowest BCUT2D eigenvalue weighted by molar-refractivity contribution is 0.178. The maximum Gasteiger partial charge on any atom is 0.168 e. The number of benzene rings is 1. The monoisotopic (exact) mass is 367 g/mol. The first-order valence-electron chi connectivity index (χ1n) is 8.53. The van der Waals surface area contributed by atoms with Crippen LogP contribution in [0.1, 0.15) is 0 Å². The highest BCUT2D eigenvalue weighted by atomic mass is 32.2. The second-order valence-corrected chi connectivity index (χ2v) is 7.31. The Hall–Kier alpha value is -2.42. The number of aromatic nitrogens is 3. The van der Waals surface area contributed by atoms with Gasteiger partial charge in [0.1, 0.15) is 17.0 Å². The third-order valence-electron chi connectivity index (χ3n) is 4.42. The zero-order chi connectivity index (χ0) is 17.9. The zero-order valence-electron chi connectivity index (χ0n) is 14.6. The molecule has 1 fully saturated rings. The summed E-state index contributed by atoms with van der Waals surface area (Å²) in [6.45, 7) is 3.88. The highest BCUT2D eigenvalue weighted by Crippen LogP contribution is 2.36. The molecule has 1 aliphatic heterocycles. The number of hydrogen-bond donors (Lipinski definition) is 2. The molecule has 3 N–H and O–H groups in total. The topological polar surface area (TPSA) is 83.2 Å². The van der Waals surface area contributed by atoms with Crippen molar-refractivity contribution >= 4 is 34.2 Å². The van der Waals surface area contributed by atoms with Gasteiger partial charge in [0.2, 0.25) is 0 Å². The number of nitrogens with zero attached hydrogens (tertiary/aromatic N) is 5. The van der Waals surface area contributed by atoms with Gasteiger partial charge in [-0.2, -0.15) is 0 Å². The number of hydrazine groups is 1. The van der Waals surface area contributed by atoms with E-state index in [4.69, 9.17) is 5.73 Å². The lowest BCUT2D eigenvalue weighted by Crippen LogP contribution is -2.47. The van der Waals surface area contributed by atoms with Crippen LogP contribution in [0.2, 0.25) is 0 Å². The fourth-order valence-corrected chi connectivity index (χ4v) is 3.81. The molecular formula is C18H21N7S. The average molecular weight is 367 g/mol. The fraction of sp³-hybridized carbons (Fsp3) is 0.278. The normalized spacial score (nSPS) is 16.0. The van der Waals surface area contributed by atoms with Crippen LogP contribution in [-0.2, 0) is 0 Å². The predicted molar refractivity (Wildman–Crippen MR) is 105 cm³/mol. The van der Waals surface area contributed by atoms with Gasteiger partial charge in [-0.1, -0.05) is 30.0 Å². The molecule has 0 saturated carbocycles. The van der Waals surface area contributed by atoms with Crippen LogP contribution in [0.15, 0.2) is 52.8 Å². The molecule has 0 amide bonds. The van der Waals surface area contributed by atoms with E-state index in [0.717, 1.165) is 47.0 Å². The summed E-state index contributed by atoms with van der Waals surface area (Å²) < 4.78 is 0. The van der Waals surface area contributed by atoms with Gasteiger partial charge in [0, 0.05) is 42.7 Å². The van der Waals surface area contributed by atoms with Crippen LogP contribution >= 0.6 is 11.8 Å². The van der Waals surface area contributed by atoms with Gasteiger partial charge in [-0.25, -0.2) is 15.0 Å². The highest BCUT2D eigenvalue weighted by molar-refractivity contribution is 7.99. The standard InChI is InChI=1S/C18H21N7S/c1-24-8-10-25(11-9-24)23-17-15(19)18(22-12-21-17)26-14-6-2-4-13-5-3-7-20-16(13)14/h2-7,12H,8-11,19H2,1H3,(H,21,22,23). The molecular weight excluding hydrogens is 346 g/mol. The van der Waals surface area contributed by atoms with Gasteiger partial charge >= 0.3 is 0 Å². The van der Waals surface area contributed by atoms with Gasteiger partial charge in [0.15, 0.2) is 5.82 Å². The van der Waals surface area contributed by atoms with E-state index >= 15 is 0 Å². The Morgan fingerprint density at radius 2 is 1.85 bits per heavy atom. The highest BCUT2D eigenvalue weighted by Gasteiger charge is 2.17. The maximum absolute atomic E-state index is 6.35. The first-order chi connectivity index (χ1) is 12.7. The molecule has 26 heavy (non-hydrogen) atoms. The van der Waals surface area contributed by atoms with Crippen molar-refractivity contribution in [3.8, 4) is 0 Å². The summed E-state index contributed by atoms with van der Waals surface area (Å²) in [5, 5.41) is 3.97. The lowest BCUT2D eigenvalue weighted by Gasteiger charge is -2.32. The van der Waals surface area contributed by atoms with Gasteiger partial charge in [-0.05, 0) is 19.2 Å². The van der Waals surface area contributed by atoms with E-state index in [1.54, 1.807) is 12.5 Å². The first kappa shape index (κ1) is 17.0. The Balaban J connectivity index is 1.57. The molecule has 134 valence electrons. The first-order valence-corrected chi connectivity index (χ1v) is 9.34. The largest absolute Gasteiger partial charge is 0.393 e. The molecule has 3 heterocycles. The van der Waals surface area contributed by atoms with Crippen LogP contribution in [0.5, 0.6) is 0 Å². The zero-order valence-corrected chi connectivity index (χ0v) is 15.4. The molecule has 0 spiro atoms. The van der Waals surface area contributed by atoms with Crippen molar-refractivity contribution in [3.05, 3.63) is 42.9 Å². The molecule has 2 aromatic heterocycles. The third-order valence-corrected chi connectivity index (χ3v) is 5.48. The Bertz CT molecular complexity index is 904. The van der Waals surface area contributed by atoms with E-state index in [2.05, 4.69) is 49.5 Å². The summed E-state index contributed by atoms with van der Waals surface area (Å²) in [5.74, 6) is 0.653. The Labute approximate surface area is 156 Å². The second-order valence-electron chi connectivity index (χ2n) is 6.28. The van der Waals surface area contributed by atoms with Gasteiger partial charge in [-0.3, -0.25) is 4.98 Å². The van der Waals surface area contributed by atoms with Crippen LogP contribution in [0, 0.1) is 0 Å². The van der Waals surface area contributed by atoms with E-state index in [1.165, 1.54) is 11.8 Å². The van der Waals surface area contributed by atoms with E-state index in [1.807, 2.05) is 18.2 Å². The number of anilines is 2. The molecule has 0 aliphatic carbocycles. The smallest absolute Gasteiger partial charge is 0.168 e. The molecule has 0 bridgehead atoms. The summed E-state index contributed by atoms with van der Waals surface area (Å²) in [6.07, 6.45) is 3.35. The molecule has 0 unspecified atom stereocenters. The second kappa shape index (κ2) is 7.45.